The second kappa shape index (κ2) is 8.64. The molecular weight excluding hydrogens is 454 g/mol. The van der Waals surface area contributed by atoms with E-state index in [1.807, 2.05) is 24.3 Å². The number of benzene rings is 1. The Labute approximate surface area is 190 Å². The summed E-state index contributed by atoms with van der Waals surface area (Å²) in [7, 11) is 0. The third-order valence-corrected chi connectivity index (χ3v) is 5.48. The van der Waals surface area contributed by atoms with Gasteiger partial charge in [-0.05, 0) is 12.1 Å². The van der Waals surface area contributed by atoms with E-state index in [0.29, 0.717) is 36.9 Å². The molecule has 12 nitrogen and oxygen atoms in total. The quantitative estimate of drug-likeness (QED) is 0.445. The van der Waals surface area contributed by atoms with Crippen molar-refractivity contribution in [2.24, 2.45) is 0 Å². The van der Waals surface area contributed by atoms with Crippen LogP contribution in [0.5, 0.6) is 0 Å². The molecule has 4 heterocycles. The number of nitrogens with zero attached hydrogens (tertiary/aromatic N) is 6. The van der Waals surface area contributed by atoms with Crippen molar-refractivity contribution in [2.45, 2.75) is 19.2 Å². The predicted octanol–water partition coefficient (Wildman–Crippen LogP) is 0.571. The predicted molar refractivity (Wildman–Crippen MR) is 115 cm³/mol. The molecule has 0 saturated carbocycles. The minimum absolute atomic E-state index is 0.169. The first-order valence-corrected chi connectivity index (χ1v) is 10.5. The summed E-state index contributed by atoms with van der Waals surface area (Å²) in [6.07, 6.45) is 2.40. The Bertz CT molecular complexity index is 1410. The van der Waals surface area contributed by atoms with E-state index in [4.69, 9.17) is 20.8 Å². The van der Waals surface area contributed by atoms with Gasteiger partial charge in [-0.1, -0.05) is 28.9 Å². The lowest BCUT2D eigenvalue weighted by atomic mass is 10.2. The Morgan fingerprint density at radius 1 is 1.24 bits per heavy atom. The average Bonchev–Trinajstić information content (AvgIpc) is 3.44. The van der Waals surface area contributed by atoms with Crippen LogP contribution < -0.4 is 11.2 Å². The SMILES string of the molecule is O=C(Cn1cc(Cl)c(=O)[nH]c1=O)N1CCOC(c2cn(Cc3nc4ccccc4o3)nn2)C1. The number of carbonyl (C=O) groups is 1. The number of H-pyrrole nitrogens is 1. The molecule has 13 heteroatoms. The fraction of sp³-hybridized carbons (Fsp3) is 0.300. The molecule has 1 atom stereocenters. The van der Waals surface area contributed by atoms with Crippen molar-refractivity contribution in [1.29, 1.82) is 0 Å². The number of fused-ring (bicyclic) bond motifs is 1. The number of aromatic nitrogens is 6. The normalized spacial score (nSPS) is 16.4. The lowest BCUT2D eigenvalue weighted by Crippen LogP contribution is -2.45. The van der Waals surface area contributed by atoms with Crippen molar-refractivity contribution in [2.75, 3.05) is 19.7 Å². The van der Waals surface area contributed by atoms with Crippen molar-refractivity contribution in [3.05, 3.63) is 74.1 Å². The molecule has 1 aliphatic heterocycles. The smallest absolute Gasteiger partial charge is 0.328 e. The van der Waals surface area contributed by atoms with Crippen LogP contribution in [0.15, 0.2) is 50.7 Å². The van der Waals surface area contributed by atoms with Crippen LogP contribution in [-0.4, -0.2) is 60.0 Å². The molecule has 1 unspecified atom stereocenters. The number of nitrogens with one attached hydrogen (secondary N) is 1. The number of para-hydroxylation sites is 2. The molecule has 1 aliphatic rings. The number of morpholine rings is 1. The lowest BCUT2D eigenvalue weighted by molar-refractivity contribution is -0.139. The molecule has 3 aromatic heterocycles. The summed E-state index contributed by atoms with van der Waals surface area (Å²) in [5.41, 5.74) is 0.622. The van der Waals surface area contributed by atoms with Crippen LogP contribution in [0, 0.1) is 0 Å². The maximum atomic E-state index is 12.7. The van der Waals surface area contributed by atoms with E-state index < -0.39 is 17.4 Å². The maximum Gasteiger partial charge on any atom is 0.328 e. The van der Waals surface area contributed by atoms with Gasteiger partial charge in [0.25, 0.3) is 5.56 Å². The van der Waals surface area contributed by atoms with Gasteiger partial charge in [0.05, 0.1) is 19.3 Å². The number of hydrogen-bond donors (Lipinski definition) is 1. The number of amides is 1. The standard InChI is InChI=1S/C20H18ClN7O5/c21-12-7-27(20(31)23-19(12)30)11-18(29)26-5-6-32-16(9-26)14-8-28(25-24-14)10-17-22-13-3-1-2-4-15(13)33-17/h1-4,7-8,16H,5-6,9-11H2,(H,23,30,31). The Hall–Kier alpha value is -3.77. The fourth-order valence-corrected chi connectivity index (χ4v) is 3.73. The van der Waals surface area contributed by atoms with Gasteiger partial charge in [0.15, 0.2) is 5.58 Å². The first-order chi connectivity index (χ1) is 16.0. The number of carbonyl (C=O) groups excluding carboxylic acids is 1. The van der Waals surface area contributed by atoms with Crippen molar-refractivity contribution in [1.82, 2.24) is 34.4 Å². The van der Waals surface area contributed by atoms with Crippen molar-refractivity contribution in [3.8, 4) is 0 Å². The van der Waals surface area contributed by atoms with E-state index in [1.165, 1.54) is 0 Å². The molecule has 1 amide bonds. The molecule has 0 spiro atoms. The summed E-state index contributed by atoms with van der Waals surface area (Å²) >= 11 is 5.76. The first-order valence-electron chi connectivity index (χ1n) is 10.1. The number of oxazole rings is 1. The van der Waals surface area contributed by atoms with Crippen LogP contribution in [0.1, 0.15) is 17.7 Å². The van der Waals surface area contributed by atoms with Crippen molar-refractivity contribution in [3.63, 3.8) is 0 Å². The molecule has 4 aromatic rings. The molecule has 0 aliphatic carbocycles. The van der Waals surface area contributed by atoms with Crippen LogP contribution >= 0.6 is 11.6 Å². The molecule has 5 rings (SSSR count). The largest absolute Gasteiger partial charge is 0.439 e. The number of halogens is 1. The molecule has 1 N–H and O–H groups in total. The third-order valence-electron chi connectivity index (χ3n) is 5.21. The van der Waals surface area contributed by atoms with E-state index in [9.17, 15) is 14.4 Å². The van der Waals surface area contributed by atoms with E-state index in [0.717, 1.165) is 16.3 Å². The number of rotatable bonds is 5. The van der Waals surface area contributed by atoms with E-state index in [1.54, 1.807) is 15.8 Å². The van der Waals surface area contributed by atoms with Gasteiger partial charge in [-0.25, -0.2) is 14.5 Å². The van der Waals surface area contributed by atoms with Gasteiger partial charge in [0, 0.05) is 12.7 Å². The molecular formula is C20H18ClN7O5. The first kappa shape index (κ1) is 21.1. The third kappa shape index (κ3) is 4.43. The summed E-state index contributed by atoms with van der Waals surface area (Å²) in [6.45, 7) is 0.944. The zero-order valence-corrected chi connectivity index (χ0v) is 17.9. The van der Waals surface area contributed by atoms with Gasteiger partial charge in [-0.3, -0.25) is 19.1 Å². The highest BCUT2D eigenvalue weighted by molar-refractivity contribution is 6.30. The topological polar surface area (TPSA) is 141 Å². The highest BCUT2D eigenvalue weighted by atomic mass is 35.5. The number of hydrogen-bond acceptors (Lipinski definition) is 8. The molecule has 1 saturated heterocycles. The molecule has 170 valence electrons. The number of aromatic amines is 1. The minimum atomic E-state index is -0.704. The van der Waals surface area contributed by atoms with Crippen LogP contribution in [0.3, 0.4) is 0 Å². The van der Waals surface area contributed by atoms with E-state index >= 15 is 0 Å². The number of ether oxygens (including phenoxy) is 1. The molecule has 1 fully saturated rings. The monoisotopic (exact) mass is 471 g/mol. The van der Waals surface area contributed by atoms with E-state index in [-0.39, 0.29) is 24.0 Å². The summed E-state index contributed by atoms with van der Waals surface area (Å²) < 4.78 is 14.1. The van der Waals surface area contributed by atoms with Gasteiger partial charge >= 0.3 is 5.69 Å². The van der Waals surface area contributed by atoms with Crippen LogP contribution in [-0.2, 0) is 22.6 Å². The minimum Gasteiger partial charge on any atom is -0.439 e. The van der Waals surface area contributed by atoms with Crippen molar-refractivity contribution >= 4 is 28.6 Å². The Kier molecular flexibility index (Phi) is 5.52. The lowest BCUT2D eigenvalue weighted by Gasteiger charge is -2.32. The van der Waals surface area contributed by atoms with Crippen LogP contribution in [0.2, 0.25) is 5.02 Å². The second-order valence-electron chi connectivity index (χ2n) is 7.48. The van der Waals surface area contributed by atoms with Crippen molar-refractivity contribution < 1.29 is 13.9 Å². The average molecular weight is 472 g/mol. The van der Waals surface area contributed by atoms with Crippen LogP contribution in [0.4, 0.5) is 0 Å². The summed E-state index contributed by atoms with van der Waals surface area (Å²) in [4.78, 5) is 44.1. The zero-order valence-electron chi connectivity index (χ0n) is 17.2. The summed E-state index contributed by atoms with van der Waals surface area (Å²) in [6, 6.07) is 7.47. The fourth-order valence-electron chi connectivity index (χ4n) is 3.56. The van der Waals surface area contributed by atoms with Gasteiger partial charge in [-0.2, -0.15) is 0 Å². The molecule has 0 bridgehead atoms. The molecule has 33 heavy (non-hydrogen) atoms. The van der Waals surface area contributed by atoms with Gasteiger partial charge < -0.3 is 14.1 Å². The van der Waals surface area contributed by atoms with Gasteiger partial charge in [-0.15, -0.1) is 5.10 Å². The summed E-state index contributed by atoms with van der Waals surface area (Å²) in [5, 5.41) is 8.12. The summed E-state index contributed by atoms with van der Waals surface area (Å²) in [5.74, 6) is 0.186. The Morgan fingerprint density at radius 3 is 2.94 bits per heavy atom. The highest BCUT2D eigenvalue weighted by Gasteiger charge is 2.28. The van der Waals surface area contributed by atoms with Crippen LogP contribution in [0.25, 0.3) is 11.1 Å². The highest BCUT2D eigenvalue weighted by Crippen LogP contribution is 2.21. The molecule has 0 radical (unpaired) electrons. The van der Waals surface area contributed by atoms with Gasteiger partial charge in [0.1, 0.15) is 35.4 Å². The second-order valence-corrected chi connectivity index (χ2v) is 7.89. The Balaban J connectivity index is 1.26. The van der Waals surface area contributed by atoms with Gasteiger partial charge in [0.2, 0.25) is 11.8 Å². The zero-order chi connectivity index (χ0) is 22.9. The molecule has 1 aromatic carbocycles. The Morgan fingerprint density at radius 2 is 2.09 bits per heavy atom. The van der Waals surface area contributed by atoms with E-state index in [2.05, 4.69) is 20.3 Å². The maximum absolute atomic E-state index is 12.7.